The van der Waals surface area contributed by atoms with Crippen LogP contribution in [-0.2, 0) is 14.8 Å². The Bertz CT molecular complexity index is 396. The Labute approximate surface area is 98.5 Å². The fourth-order valence-corrected chi connectivity index (χ4v) is 3.36. The van der Waals surface area contributed by atoms with E-state index >= 15 is 0 Å². The summed E-state index contributed by atoms with van der Waals surface area (Å²) >= 11 is 0. The van der Waals surface area contributed by atoms with E-state index < -0.39 is 40.1 Å². The predicted octanol–water partition coefficient (Wildman–Crippen LogP) is 0.768. The lowest BCUT2D eigenvalue weighted by atomic mass is 10.1. The molecule has 17 heavy (non-hydrogen) atoms. The van der Waals surface area contributed by atoms with Crippen LogP contribution in [0.1, 0.15) is 19.3 Å². The average Bonchev–Trinajstić information content (AvgIpc) is 2.44. The van der Waals surface area contributed by atoms with Crippen LogP contribution in [0.25, 0.3) is 0 Å². The molecule has 1 N–H and O–H groups in total. The topological polar surface area (TPSA) is 74.7 Å². The van der Waals surface area contributed by atoms with Crippen molar-refractivity contribution in [1.82, 2.24) is 4.31 Å². The number of carbonyl (C=O) groups is 1. The van der Waals surface area contributed by atoms with Crippen molar-refractivity contribution in [3.63, 3.8) is 0 Å². The molecule has 0 aromatic heterocycles. The summed E-state index contributed by atoms with van der Waals surface area (Å²) in [6.45, 7) is -0.708. The molecule has 0 bridgehead atoms. The number of halogens is 2. The summed E-state index contributed by atoms with van der Waals surface area (Å²) in [7, 11) is -2.86. The third kappa shape index (κ3) is 3.60. The summed E-state index contributed by atoms with van der Waals surface area (Å²) in [5.41, 5.74) is 0. The summed E-state index contributed by atoms with van der Waals surface area (Å²) in [4.78, 5) is 10.4. The quantitative estimate of drug-likeness (QED) is 0.801. The van der Waals surface area contributed by atoms with Gasteiger partial charge in [-0.05, 0) is 12.8 Å². The Morgan fingerprint density at radius 1 is 1.53 bits per heavy atom. The van der Waals surface area contributed by atoms with Crippen LogP contribution in [0.3, 0.4) is 0 Å². The van der Waals surface area contributed by atoms with Gasteiger partial charge in [-0.25, -0.2) is 17.2 Å². The fourth-order valence-electron chi connectivity index (χ4n) is 1.88. The second-order valence-corrected chi connectivity index (χ2v) is 6.40. The standard InChI is InChI=1S/C9H15F2NO4S/c1-12(5-8(13)14)17(15,16)6-7-3-2-4-9(7,10)11/h7H,2-6H2,1H3,(H,13,14). The molecule has 1 rings (SSSR count). The maximum Gasteiger partial charge on any atom is 0.318 e. The monoisotopic (exact) mass is 271 g/mol. The number of aliphatic carboxylic acids is 1. The van der Waals surface area contributed by atoms with Crippen molar-refractivity contribution in [2.75, 3.05) is 19.3 Å². The van der Waals surface area contributed by atoms with E-state index in [1.807, 2.05) is 0 Å². The first-order chi connectivity index (χ1) is 7.65. The second-order valence-electron chi connectivity index (χ2n) is 4.28. The number of hydrogen-bond donors (Lipinski definition) is 1. The Kier molecular flexibility index (Phi) is 4.08. The van der Waals surface area contributed by atoms with E-state index in [2.05, 4.69) is 0 Å². The lowest BCUT2D eigenvalue weighted by molar-refractivity contribution is -0.137. The zero-order chi connectivity index (χ0) is 13.3. The second kappa shape index (κ2) is 4.85. The Morgan fingerprint density at radius 3 is 2.53 bits per heavy atom. The molecular weight excluding hydrogens is 256 g/mol. The minimum absolute atomic E-state index is 0.160. The normalized spacial score (nSPS) is 24.1. The number of nitrogens with zero attached hydrogens (tertiary/aromatic N) is 1. The average molecular weight is 271 g/mol. The first-order valence-corrected chi connectivity index (χ1v) is 6.80. The van der Waals surface area contributed by atoms with Gasteiger partial charge in [0.05, 0.1) is 5.75 Å². The van der Waals surface area contributed by atoms with E-state index in [1.54, 1.807) is 0 Å². The summed E-state index contributed by atoms with van der Waals surface area (Å²) in [5, 5.41) is 8.46. The zero-order valence-corrected chi connectivity index (χ0v) is 10.2. The van der Waals surface area contributed by atoms with E-state index in [0.29, 0.717) is 10.7 Å². The number of alkyl halides is 2. The van der Waals surface area contributed by atoms with Gasteiger partial charge in [0.1, 0.15) is 6.54 Å². The molecule has 0 heterocycles. The first kappa shape index (κ1) is 14.3. The van der Waals surface area contributed by atoms with Crippen LogP contribution in [0.2, 0.25) is 0 Å². The molecule has 1 aliphatic carbocycles. The molecule has 5 nitrogen and oxygen atoms in total. The lowest BCUT2D eigenvalue weighted by Crippen LogP contribution is -2.38. The molecule has 0 radical (unpaired) electrons. The number of carboxylic acids is 1. The van der Waals surface area contributed by atoms with Gasteiger partial charge in [0.25, 0.3) is 5.92 Å². The number of carboxylic acid groups (broad SMARTS) is 1. The highest BCUT2D eigenvalue weighted by molar-refractivity contribution is 7.89. The highest BCUT2D eigenvalue weighted by atomic mass is 32.2. The van der Waals surface area contributed by atoms with Gasteiger partial charge >= 0.3 is 5.97 Å². The van der Waals surface area contributed by atoms with Gasteiger partial charge in [0.15, 0.2) is 0 Å². The largest absolute Gasteiger partial charge is 0.480 e. The third-order valence-electron chi connectivity index (χ3n) is 2.90. The van der Waals surface area contributed by atoms with Crippen LogP contribution < -0.4 is 0 Å². The highest BCUT2D eigenvalue weighted by Gasteiger charge is 2.46. The van der Waals surface area contributed by atoms with Crippen molar-refractivity contribution in [2.24, 2.45) is 5.92 Å². The molecule has 0 spiro atoms. The highest BCUT2D eigenvalue weighted by Crippen LogP contribution is 2.41. The van der Waals surface area contributed by atoms with E-state index in [-0.39, 0.29) is 12.8 Å². The van der Waals surface area contributed by atoms with Gasteiger partial charge in [0.2, 0.25) is 10.0 Å². The Balaban J connectivity index is 2.70. The Hall–Kier alpha value is -0.760. The van der Waals surface area contributed by atoms with E-state index in [1.165, 1.54) is 0 Å². The van der Waals surface area contributed by atoms with Gasteiger partial charge in [-0.15, -0.1) is 0 Å². The predicted molar refractivity (Wildman–Crippen MR) is 56.3 cm³/mol. The minimum atomic E-state index is -3.94. The van der Waals surface area contributed by atoms with Crippen molar-refractivity contribution >= 4 is 16.0 Å². The summed E-state index contributed by atoms with van der Waals surface area (Å²) in [6, 6.07) is 0. The molecule has 0 aromatic carbocycles. The van der Waals surface area contributed by atoms with Gasteiger partial charge < -0.3 is 5.11 Å². The zero-order valence-electron chi connectivity index (χ0n) is 9.40. The molecule has 0 saturated heterocycles. The van der Waals surface area contributed by atoms with Crippen LogP contribution in [0, 0.1) is 5.92 Å². The van der Waals surface area contributed by atoms with Gasteiger partial charge in [0, 0.05) is 19.4 Å². The minimum Gasteiger partial charge on any atom is -0.480 e. The van der Waals surface area contributed by atoms with E-state index in [4.69, 9.17) is 5.11 Å². The van der Waals surface area contributed by atoms with Crippen molar-refractivity contribution in [3.05, 3.63) is 0 Å². The van der Waals surface area contributed by atoms with Crippen molar-refractivity contribution < 1.29 is 27.1 Å². The van der Waals surface area contributed by atoms with E-state index in [9.17, 15) is 22.0 Å². The van der Waals surface area contributed by atoms with Crippen LogP contribution in [-0.4, -0.2) is 49.1 Å². The number of sulfonamides is 1. The lowest BCUT2D eigenvalue weighted by Gasteiger charge is -2.22. The molecule has 0 amide bonds. The number of likely N-dealkylation sites (N-methyl/N-ethyl adjacent to an activating group) is 1. The van der Waals surface area contributed by atoms with Crippen molar-refractivity contribution in [1.29, 1.82) is 0 Å². The molecule has 1 unspecified atom stereocenters. The number of rotatable bonds is 5. The molecular formula is C9H15F2NO4S. The van der Waals surface area contributed by atoms with Crippen LogP contribution in [0.4, 0.5) is 8.78 Å². The van der Waals surface area contributed by atoms with Crippen LogP contribution >= 0.6 is 0 Å². The third-order valence-corrected chi connectivity index (χ3v) is 4.81. The van der Waals surface area contributed by atoms with Crippen LogP contribution in [0.15, 0.2) is 0 Å². The summed E-state index contributed by atoms with van der Waals surface area (Å²) < 4.78 is 50.4. The molecule has 1 aliphatic rings. The maximum absolute atomic E-state index is 13.3. The summed E-state index contributed by atoms with van der Waals surface area (Å²) in [5.74, 6) is -6.17. The SMILES string of the molecule is CN(CC(=O)O)S(=O)(=O)CC1CCCC1(F)F. The van der Waals surface area contributed by atoms with Crippen molar-refractivity contribution in [3.8, 4) is 0 Å². The summed E-state index contributed by atoms with van der Waals surface area (Å²) in [6.07, 6.45) is 0.165. The first-order valence-electron chi connectivity index (χ1n) is 5.19. The molecule has 8 heteroatoms. The van der Waals surface area contributed by atoms with Crippen molar-refractivity contribution in [2.45, 2.75) is 25.2 Å². The van der Waals surface area contributed by atoms with Gasteiger partial charge in [-0.2, -0.15) is 4.31 Å². The molecule has 1 atom stereocenters. The number of hydrogen-bond acceptors (Lipinski definition) is 3. The maximum atomic E-state index is 13.3. The fraction of sp³-hybridized carbons (Fsp3) is 0.889. The Morgan fingerprint density at radius 2 is 2.12 bits per heavy atom. The molecule has 0 aromatic rings. The smallest absolute Gasteiger partial charge is 0.318 e. The van der Waals surface area contributed by atoms with Gasteiger partial charge in [-0.3, -0.25) is 4.79 Å². The molecule has 100 valence electrons. The van der Waals surface area contributed by atoms with Crippen LogP contribution in [0.5, 0.6) is 0 Å². The molecule has 1 fully saturated rings. The molecule has 0 aliphatic heterocycles. The van der Waals surface area contributed by atoms with Gasteiger partial charge in [-0.1, -0.05) is 0 Å². The van der Waals surface area contributed by atoms with E-state index in [0.717, 1.165) is 7.05 Å². The molecule has 1 saturated carbocycles.